The van der Waals surface area contributed by atoms with Crippen LogP contribution in [-0.4, -0.2) is 17.2 Å². The summed E-state index contributed by atoms with van der Waals surface area (Å²) in [5.41, 5.74) is 0.367. The first-order valence-corrected chi connectivity index (χ1v) is 5.47. The van der Waals surface area contributed by atoms with Gasteiger partial charge in [-0.3, -0.25) is 9.59 Å². The van der Waals surface area contributed by atoms with Crippen LogP contribution in [0.5, 0.6) is 0 Å². The van der Waals surface area contributed by atoms with Crippen molar-refractivity contribution in [3.05, 3.63) is 47.2 Å². The van der Waals surface area contributed by atoms with Gasteiger partial charge in [0.15, 0.2) is 11.5 Å². The Hall–Kier alpha value is -1.90. The third kappa shape index (κ3) is 2.28. The minimum atomic E-state index is -0.492. The van der Waals surface area contributed by atoms with Gasteiger partial charge < -0.3 is 4.74 Å². The maximum absolute atomic E-state index is 12.1. The van der Waals surface area contributed by atoms with Crippen molar-refractivity contribution in [2.75, 3.05) is 0 Å². The first-order chi connectivity index (χ1) is 7.88. The number of Topliss-reactive ketones (excluding diaryl/α,β-unsaturated/α-hetero) is 1. The number of allylic oxidation sites excluding steroid dienone is 2. The topological polar surface area (TPSA) is 43.4 Å². The molecule has 0 unspecified atom stereocenters. The molecule has 1 aromatic carbocycles. The Bertz CT molecular complexity index is 519. The van der Waals surface area contributed by atoms with Crippen molar-refractivity contribution in [3.8, 4) is 0 Å². The maximum Gasteiger partial charge on any atom is 0.228 e. The van der Waals surface area contributed by atoms with Crippen molar-refractivity contribution >= 4 is 11.6 Å². The third-order valence-corrected chi connectivity index (χ3v) is 2.34. The molecule has 0 aliphatic heterocycles. The summed E-state index contributed by atoms with van der Waals surface area (Å²) in [4.78, 5) is 23.9. The largest absolute Gasteiger partial charge is 0.484 e. The van der Waals surface area contributed by atoms with Crippen LogP contribution in [0.2, 0.25) is 0 Å². The summed E-state index contributed by atoms with van der Waals surface area (Å²) in [6, 6.07) is 6.78. The number of ketones is 2. The normalized spacial score (nSPS) is 15.4. The molecule has 88 valence electrons. The van der Waals surface area contributed by atoms with E-state index in [1.807, 2.05) is 20.8 Å². The maximum atomic E-state index is 12.1. The standard InChI is InChI=1S/C14H14O3/c1-14(2,3)17-12-8-11(15)9-6-4-5-7-10(9)13(12)16/h4-8H,1-3H3. The van der Waals surface area contributed by atoms with Crippen LogP contribution in [0.25, 0.3) is 0 Å². The molecule has 0 saturated heterocycles. The first kappa shape index (κ1) is 11.6. The van der Waals surface area contributed by atoms with E-state index in [1.54, 1.807) is 24.3 Å². The van der Waals surface area contributed by atoms with Crippen LogP contribution in [0, 0.1) is 0 Å². The van der Waals surface area contributed by atoms with E-state index in [2.05, 4.69) is 0 Å². The van der Waals surface area contributed by atoms with Crippen LogP contribution in [0.15, 0.2) is 36.1 Å². The number of fused-ring (bicyclic) bond motifs is 1. The average molecular weight is 230 g/mol. The van der Waals surface area contributed by atoms with E-state index in [9.17, 15) is 9.59 Å². The van der Waals surface area contributed by atoms with E-state index in [0.717, 1.165) is 0 Å². The highest BCUT2D eigenvalue weighted by Crippen LogP contribution is 2.24. The second-order valence-corrected chi connectivity index (χ2v) is 4.96. The summed E-state index contributed by atoms with van der Waals surface area (Å²) in [5, 5.41) is 0. The van der Waals surface area contributed by atoms with Gasteiger partial charge in [0.25, 0.3) is 0 Å². The lowest BCUT2D eigenvalue weighted by molar-refractivity contribution is 0.0421. The molecule has 0 spiro atoms. The number of carbonyl (C=O) groups excluding carboxylic acids is 2. The van der Waals surface area contributed by atoms with Crippen molar-refractivity contribution in [2.45, 2.75) is 26.4 Å². The number of benzene rings is 1. The van der Waals surface area contributed by atoms with Crippen LogP contribution >= 0.6 is 0 Å². The molecule has 0 atom stereocenters. The molecule has 1 aliphatic rings. The smallest absolute Gasteiger partial charge is 0.228 e. The summed E-state index contributed by atoms with van der Waals surface area (Å²) in [7, 11) is 0. The van der Waals surface area contributed by atoms with E-state index in [1.165, 1.54) is 6.08 Å². The summed E-state index contributed by atoms with van der Waals surface area (Å²) in [6.07, 6.45) is 1.27. The molecule has 3 heteroatoms. The van der Waals surface area contributed by atoms with Crippen molar-refractivity contribution in [1.82, 2.24) is 0 Å². The molecule has 0 saturated carbocycles. The Morgan fingerprint density at radius 3 is 2.18 bits per heavy atom. The van der Waals surface area contributed by atoms with Crippen LogP contribution in [0.3, 0.4) is 0 Å². The zero-order valence-electron chi connectivity index (χ0n) is 10.1. The Balaban J connectivity index is 2.42. The molecule has 0 radical (unpaired) electrons. The van der Waals surface area contributed by atoms with E-state index in [4.69, 9.17) is 4.74 Å². The minimum Gasteiger partial charge on any atom is -0.484 e. The van der Waals surface area contributed by atoms with Gasteiger partial charge in [-0.1, -0.05) is 24.3 Å². The van der Waals surface area contributed by atoms with Crippen molar-refractivity contribution < 1.29 is 14.3 Å². The molecule has 17 heavy (non-hydrogen) atoms. The number of rotatable bonds is 1. The van der Waals surface area contributed by atoms with Gasteiger partial charge in [0.05, 0.1) is 0 Å². The monoisotopic (exact) mass is 230 g/mol. The highest BCUT2D eigenvalue weighted by atomic mass is 16.5. The second kappa shape index (κ2) is 3.84. The van der Waals surface area contributed by atoms with Gasteiger partial charge in [0.1, 0.15) is 5.60 Å². The van der Waals surface area contributed by atoms with Crippen molar-refractivity contribution in [2.24, 2.45) is 0 Å². The van der Waals surface area contributed by atoms with Crippen molar-refractivity contribution in [3.63, 3.8) is 0 Å². The first-order valence-electron chi connectivity index (χ1n) is 5.47. The number of hydrogen-bond donors (Lipinski definition) is 0. The molecule has 0 aromatic heterocycles. The Labute approximate surface area is 100 Å². The highest BCUT2D eigenvalue weighted by Gasteiger charge is 2.28. The molecule has 0 amide bonds. The number of ether oxygens (including phenoxy) is 1. The Morgan fingerprint density at radius 1 is 1.00 bits per heavy atom. The number of carbonyl (C=O) groups is 2. The fraction of sp³-hybridized carbons (Fsp3) is 0.286. The van der Waals surface area contributed by atoms with E-state index < -0.39 is 5.60 Å². The van der Waals surface area contributed by atoms with Crippen LogP contribution in [0.4, 0.5) is 0 Å². The lowest BCUT2D eigenvalue weighted by atomic mass is 9.93. The summed E-state index contributed by atoms with van der Waals surface area (Å²) in [5.74, 6) is -0.282. The molecule has 3 nitrogen and oxygen atoms in total. The number of hydrogen-bond acceptors (Lipinski definition) is 3. The zero-order valence-corrected chi connectivity index (χ0v) is 10.1. The Morgan fingerprint density at radius 2 is 1.59 bits per heavy atom. The molecule has 2 rings (SSSR count). The van der Waals surface area contributed by atoms with Gasteiger partial charge in [-0.05, 0) is 20.8 Å². The predicted octanol–water partition coefficient (Wildman–Crippen LogP) is 2.76. The van der Waals surface area contributed by atoms with Crippen molar-refractivity contribution in [1.29, 1.82) is 0 Å². The van der Waals surface area contributed by atoms with Crippen LogP contribution in [0.1, 0.15) is 41.5 Å². The average Bonchev–Trinajstić information content (AvgIpc) is 2.24. The Kier molecular flexibility index (Phi) is 2.62. The van der Waals surface area contributed by atoms with E-state index in [0.29, 0.717) is 11.1 Å². The van der Waals surface area contributed by atoms with Gasteiger partial charge in [0.2, 0.25) is 5.78 Å². The quantitative estimate of drug-likeness (QED) is 0.745. The fourth-order valence-corrected chi connectivity index (χ4v) is 1.70. The third-order valence-electron chi connectivity index (χ3n) is 2.34. The fourth-order valence-electron chi connectivity index (χ4n) is 1.70. The van der Waals surface area contributed by atoms with Gasteiger partial charge in [0, 0.05) is 17.2 Å². The highest BCUT2D eigenvalue weighted by molar-refractivity contribution is 6.23. The summed E-state index contributed by atoms with van der Waals surface area (Å²) in [6.45, 7) is 5.52. The minimum absolute atomic E-state index is 0.126. The molecule has 1 aliphatic carbocycles. The lowest BCUT2D eigenvalue weighted by Gasteiger charge is -2.24. The van der Waals surface area contributed by atoms with Crippen LogP contribution in [-0.2, 0) is 4.74 Å². The lowest BCUT2D eigenvalue weighted by Crippen LogP contribution is -2.26. The molecular weight excluding hydrogens is 216 g/mol. The predicted molar refractivity (Wildman–Crippen MR) is 64.0 cm³/mol. The van der Waals surface area contributed by atoms with Gasteiger partial charge in [-0.15, -0.1) is 0 Å². The van der Waals surface area contributed by atoms with Gasteiger partial charge in [-0.25, -0.2) is 0 Å². The van der Waals surface area contributed by atoms with Gasteiger partial charge in [-0.2, -0.15) is 0 Å². The van der Waals surface area contributed by atoms with Crippen LogP contribution < -0.4 is 0 Å². The van der Waals surface area contributed by atoms with E-state index in [-0.39, 0.29) is 17.3 Å². The molecule has 1 aromatic rings. The molecule has 0 N–H and O–H groups in total. The molecule has 0 bridgehead atoms. The SMILES string of the molecule is CC(C)(C)OC1=CC(=O)c2ccccc2C1=O. The van der Waals surface area contributed by atoms with E-state index >= 15 is 0 Å². The summed E-state index contributed by atoms with van der Waals surface area (Å²) >= 11 is 0. The molecular formula is C14H14O3. The van der Waals surface area contributed by atoms with Gasteiger partial charge >= 0.3 is 0 Å². The molecule has 0 fully saturated rings. The summed E-state index contributed by atoms with van der Waals surface area (Å²) < 4.78 is 5.51. The zero-order chi connectivity index (χ0) is 12.6. The second-order valence-electron chi connectivity index (χ2n) is 4.96. The molecule has 0 heterocycles.